The number of hydrogen-bond acceptors (Lipinski definition) is 4. The van der Waals surface area contributed by atoms with Gasteiger partial charge in [-0.05, 0) is 25.8 Å². The molecule has 5 nitrogen and oxygen atoms in total. The normalized spacial score (nSPS) is 28.2. The van der Waals surface area contributed by atoms with Crippen LogP contribution in [0.4, 0.5) is 0 Å². The Morgan fingerprint density at radius 1 is 1.35 bits per heavy atom. The zero-order valence-corrected chi connectivity index (χ0v) is 10.0. The zero-order valence-electron chi connectivity index (χ0n) is 10.0. The van der Waals surface area contributed by atoms with Crippen molar-refractivity contribution in [2.45, 2.75) is 31.3 Å². The summed E-state index contributed by atoms with van der Waals surface area (Å²) in [6, 6.07) is 0.720. The van der Waals surface area contributed by atoms with Crippen molar-refractivity contribution in [2.75, 3.05) is 20.2 Å². The fourth-order valence-corrected chi connectivity index (χ4v) is 2.62. The van der Waals surface area contributed by atoms with Crippen molar-refractivity contribution in [2.24, 2.45) is 0 Å². The van der Waals surface area contributed by atoms with Crippen LogP contribution < -0.4 is 5.32 Å². The third kappa shape index (κ3) is 2.66. The lowest BCUT2D eigenvalue weighted by molar-refractivity contribution is -0.135. The fraction of sp³-hybridized carbons (Fsp3) is 0.667. The lowest BCUT2D eigenvalue weighted by Crippen LogP contribution is -2.48. The highest BCUT2D eigenvalue weighted by Gasteiger charge is 2.37. The van der Waals surface area contributed by atoms with Crippen LogP contribution in [-0.2, 0) is 14.3 Å². The maximum absolute atomic E-state index is 11.9. The molecule has 1 amide bonds. The number of nitrogens with one attached hydrogen (secondary N) is 1. The van der Waals surface area contributed by atoms with E-state index in [0.29, 0.717) is 12.1 Å². The van der Waals surface area contributed by atoms with Crippen LogP contribution in [-0.4, -0.2) is 49.1 Å². The van der Waals surface area contributed by atoms with Crippen molar-refractivity contribution < 1.29 is 14.3 Å². The lowest BCUT2D eigenvalue weighted by Gasteiger charge is -2.31. The molecular formula is C12H18N2O3. The summed E-state index contributed by atoms with van der Waals surface area (Å²) in [4.78, 5) is 24.7. The molecule has 0 saturated carbocycles. The van der Waals surface area contributed by atoms with E-state index in [0.717, 1.165) is 32.4 Å². The molecule has 2 aliphatic heterocycles. The summed E-state index contributed by atoms with van der Waals surface area (Å²) in [5.41, 5.74) is 0. The number of amides is 1. The average Bonchev–Trinajstić information content (AvgIpc) is 2.79. The Morgan fingerprint density at radius 2 is 2.18 bits per heavy atom. The number of fused-ring (bicyclic) bond motifs is 1. The molecule has 17 heavy (non-hydrogen) atoms. The van der Waals surface area contributed by atoms with Crippen LogP contribution in [0.2, 0.25) is 0 Å². The number of piperidine rings is 1. The van der Waals surface area contributed by atoms with E-state index in [4.69, 9.17) is 0 Å². The van der Waals surface area contributed by atoms with Gasteiger partial charge in [-0.1, -0.05) is 0 Å². The van der Waals surface area contributed by atoms with Gasteiger partial charge in [-0.3, -0.25) is 4.79 Å². The number of nitrogens with zero attached hydrogens (tertiary/aromatic N) is 1. The molecule has 0 radical (unpaired) electrons. The second-order valence-corrected chi connectivity index (χ2v) is 4.45. The van der Waals surface area contributed by atoms with E-state index in [1.165, 1.54) is 19.3 Å². The van der Waals surface area contributed by atoms with E-state index >= 15 is 0 Å². The van der Waals surface area contributed by atoms with Crippen molar-refractivity contribution in [3.63, 3.8) is 0 Å². The molecule has 2 saturated heterocycles. The van der Waals surface area contributed by atoms with Gasteiger partial charge in [0.15, 0.2) is 0 Å². The summed E-state index contributed by atoms with van der Waals surface area (Å²) in [6.45, 7) is 1.81. The van der Waals surface area contributed by atoms with Crippen LogP contribution in [0.15, 0.2) is 12.2 Å². The van der Waals surface area contributed by atoms with Gasteiger partial charge >= 0.3 is 5.97 Å². The van der Waals surface area contributed by atoms with Gasteiger partial charge in [-0.25, -0.2) is 4.79 Å². The van der Waals surface area contributed by atoms with Gasteiger partial charge in [0.2, 0.25) is 5.91 Å². The number of esters is 1. The molecule has 0 aromatic rings. The number of rotatable bonds is 2. The van der Waals surface area contributed by atoms with Crippen LogP contribution in [0, 0.1) is 0 Å². The Hall–Kier alpha value is -1.36. The first-order valence-corrected chi connectivity index (χ1v) is 6.02. The topological polar surface area (TPSA) is 58.6 Å². The van der Waals surface area contributed by atoms with E-state index in [2.05, 4.69) is 10.1 Å². The minimum absolute atomic E-state index is 0.0911. The summed E-state index contributed by atoms with van der Waals surface area (Å²) in [5, 5.41) is 3.43. The summed E-state index contributed by atoms with van der Waals surface area (Å²) in [6.07, 6.45) is 5.65. The number of methoxy groups -OCH3 is 1. The Bertz CT molecular complexity index is 341. The van der Waals surface area contributed by atoms with Crippen LogP contribution in [0.3, 0.4) is 0 Å². The summed E-state index contributed by atoms with van der Waals surface area (Å²) in [5.74, 6) is -0.581. The zero-order chi connectivity index (χ0) is 12.3. The summed E-state index contributed by atoms with van der Waals surface area (Å²) in [7, 11) is 1.30. The maximum atomic E-state index is 11.9. The smallest absolute Gasteiger partial charge is 0.330 e. The van der Waals surface area contributed by atoms with Gasteiger partial charge in [0.25, 0.3) is 0 Å². The minimum atomic E-state index is -0.490. The lowest BCUT2D eigenvalue weighted by atomic mass is 9.99. The third-order valence-corrected chi connectivity index (χ3v) is 3.48. The van der Waals surface area contributed by atoms with E-state index in [1.54, 1.807) is 0 Å². The van der Waals surface area contributed by atoms with E-state index in [1.807, 2.05) is 4.90 Å². The molecule has 2 unspecified atom stereocenters. The van der Waals surface area contributed by atoms with Crippen LogP contribution in [0.5, 0.6) is 0 Å². The molecule has 94 valence electrons. The Morgan fingerprint density at radius 3 is 2.94 bits per heavy atom. The third-order valence-electron chi connectivity index (χ3n) is 3.48. The monoisotopic (exact) mass is 238 g/mol. The largest absolute Gasteiger partial charge is 0.466 e. The molecule has 0 aliphatic carbocycles. The number of ether oxygens (including phenoxy) is 1. The van der Waals surface area contributed by atoms with Crippen molar-refractivity contribution in [1.82, 2.24) is 10.2 Å². The molecule has 0 aromatic heterocycles. The highest BCUT2D eigenvalue weighted by molar-refractivity contribution is 5.94. The first kappa shape index (κ1) is 12.1. The van der Waals surface area contributed by atoms with Gasteiger partial charge < -0.3 is 15.0 Å². The number of carbonyl (C=O) groups is 2. The van der Waals surface area contributed by atoms with Crippen molar-refractivity contribution in [1.29, 1.82) is 0 Å². The number of likely N-dealkylation sites (tertiary alicyclic amines) is 1. The van der Waals surface area contributed by atoms with Crippen molar-refractivity contribution in [3.8, 4) is 0 Å². The minimum Gasteiger partial charge on any atom is -0.466 e. The number of hydrogen-bond donors (Lipinski definition) is 1. The van der Waals surface area contributed by atoms with E-state index < -0.39 is 5.97 Å². The van der Waals surface area contributed by atoms with Crippen LogP contribution >= 0.6 is 0 Å². The molecule has 0 bridgehead atoms. The highest BCUT2D eigenvalue weighted by atomic mass is 16.5. The molecule has 0 aromatic carbocycles. The molecule has 2 heterocycles. The van der Waals surface area contributed by atoms with Gasteiger partial charge in [-0.2, -0.15) is 0 Å². The average molecular weight is 238 g/mol. The molecule has 1 N–H and O–H groups in total. The molecular weight excluding hydrogens is 220 g/mol. The molecule has 2 rings (SSSR count). The molecule has 2 fully saturated rings. The predicted octanol–water partition coefficient (Wildman–Crippen LogP) is 0.0685. The maximum Gasteiger partial charge on any atom is 0.330 e. The number of carbonyl (C=O) groups excluding carboxylic acids is 2. The first-order valence-electron chi connectivity index (χ1n) is 6.02. The Labute approximate surface area is 101 Å². The van der Waals surface area contributed by atoms with Crippen LogP contribution in [0.25, 0.3) is 0 Å². The molecule has 0 spiro atoms. The summed E-state index contributed by atoms with van der Waals surface area (Å²) >= 11 is 0. The van der Waals surface area contributed by atoms with Gasteiger partial charge in [0.05, 0.1) is 7.11 Å². The van der Waals surface area contributed by atoms with E-state index in [-0.39, 0.29) is 5.91 Å². The van der Waals surface area contributed by atoms with E-state index in [9.17, 15) is 9.59 Å². The Balaban J connectivity index is 1.96. The highest BCUT2D eigenvalue weighted by Crippen LogP contribution is 2.25. The van der Waals surface area contributed by atoms with Gasteiger partial charge in [0, 0.05) is 30.8 Å². The van der Waals surface area contributed by atoms with Gasteiger partial charge in [-0.15, -0.1) is 0 Å². The Kier molecular flexibility index (Phi) is 3.78. The van der Waals surface area contributed by atoms with Crippen LogP contribution in [0.1, 0.15) is 19.3 Å². The second kappa shape index (κ2) is 5.31. The molecule has 2 atom stereocenters. The standard InChI is InChI=1S/C12H18N2O3/c1-17-12(16)5-4-11(15)14-8-6-9-10(14)3-2-7-13-9/h4-5,9-10,13H,2-3,6-8H2,1H3/b5-4+. The quantitative estimate of drug-likeness (QED) is 0.546. The molecule has 2 aliphatic rings. The van der Waals surface area contributed by atoms with Crippen molar-refractivity contribution in [3.05, 3.63) is 12.2 Å². The van der Waals surface area contributed by atoms with Gasteiger partial charge in [0.1, 0.15) is 0 Å². The fourth-order valence-electron chi connectivity index (χ4n) is 2.62. The SMILES string of the molecule is COC(=O)/C=C/C(=O)N1CCC2NCCCC21. The molecule has 5 heteroatoms. The first-order chi connectivity index (χ1) is 8.22. The van der Waals surface area contributed by atoms with Crippen molar-refractivity contribution >= 4 is 11.9 Å². The summed E-state index contributed by atoms with van der Waals surface area (Å²) < 4.78 is 4.46. The predicted molar refractivity (Wildman–Crippen MR) is 62.3 cm³/mol. The second-order valence-electron chi connectivity index (χ2n) is 4.45.